The SMILES string of the molecule is CNCC1CCN(S(=O)(=O)c2ccc(F)c(Br)c2)CC1. The highest BCUT2D eigenvalue weighted by Crippen LogP contribution is 2.26. The van der Waals surface area contributed by atoms with Gasteiger partial charge in [0.05, 0.1) is 9.37 Å². The van der Waals surface area contributed by atoms with Gasteiger partial charge in [0.1, 0.15) is 5.82 Å². The summed E-state index contributed by atoms with van der Waals surface area (Å²) in [5, 5.41) is 3.12. The Morgan fingerprint density at radius 3 is 2.60 bits per heavy atom. The minimum Gasteiger partial charge on any atom is -0.319 e. The lowest BCUT2D eigenvalue weighted by molar-refractivity contribution is 0.270. The molecule has 0 atom stereocenters. The molecule has 0 saturated carbocycles. The third kappa shape index (κ3) is 3.39. The minimum absolute atomic E-state index is 0.137. The second-order valence-electron chi connectivity index (χ2n) is 4.98. The Morgan fingerprint density at radius 1 is 1.40 bits per heavy atom. The first-order chi connectivity index (χ1) is 9.45. The average Bonchev–Trinajstić information content (AvgIpc) is 2.43. The van der Waals surface area contributed by atoms with Gasteiger partial charge in [0.15, 0.2) is 0 Å². The van der Waals surface area contributed by atoms with Crippen LogP contribution in [0.4, 0.5) is 4.39 Å². The summed E-state index contributed by atoms with van der Waals surface area (Å²) in [6, 6.07) is 3.81. The lowest BCUT2D eigenvalue weighted by atomic mass is 9.98. The number of nitrogens with one attached hydrogen (secondary N) is 1. The highest BCUT2D eigenvalue weighted by molar-refractivity contribution is 9.10. The monoisotopic (exact) mass is 364 g/mol. The van der Waals surface area contributed by atoms with E-state index in [1.54, 1.807) is 0 Å². The van der Waals surface area contributed by atoms with Crippen LogP contribution >= 0.6 is 15.9 Å². The van der Waals surface area contributed by atoms with Gasteiger partial charge in [-0.3, -0.25) is 0 Å². The summed E-state index contributed by atoms with van der Waals surface area (Å²) in [7, 11) is -1.62. The molecule has 0 aromatic heterocycles. The van der Waals surface area contributed by atoms with Crippen LogP contribution in [0.1, 0.15) is 12.8 Å². The van der Waals surface area contributed by atoms with E-state index in [4.69, 9.17) is 0 Å². The Hall–Kier alpha value is -0.500. The molecular weight excluding hydrogens is 347 g/mol. The molecule has 0 radical (unpaired) electrons. The second-order valence-corrected chi connectivity index (χ2v) is 7.77. The molecule has 1 aromatic rings. The van der Waals surface area contributed by atoms with Crippen LogP contribution in [0.3, 0.4) is 0 Å². The van der Waals surface area contributed by atoms with Gasteiger partial charge in [0, 0.05) is 13.1 Å². The van der Waals surface area contributed by atoms with Gasteiger partial charge in [0.2, 0.25) is 10.0 Å². The third-order valence-electron chi connectivity index (χ3n) is 3.60. The van der Waals surface area contributed by atoms with Crippen LogP contribution in [-0.4, -0.2) is 39.4 Å². The second kappa shape index (κ2) is 6.51. The Kier molecular flexibility index (Phi) is 5.17. The van der Waals surface area contributed by atoms with Crippen molar-refractivity contribution >= 4 is 26.0 Å². The molecule has 1 N–H and O–H groups in total. The zero-order chi connectivity index (χ0) is 14.8. The molecule has 20 heavy (non-hydrogen) atoms. The van der Waals surface area contributed by atoms with Crippen molar-refractivity contribution in [1.82, 2.24) is 9.62 Å². The summed E-state index contributed by atoms with van der Waals surface area (Å²) in [6.07, 6.45) is 1.70. The summed E-state index contributed by atoms with van der Waals surface area (Å²) in [5.74, 6) is 0.0584. The van der Waals surface area contributed by atoms with E-state index in [1.807, 2.05) is 7.05 Å². The predicted octanol–water partition coefficient (Wildman–Crippen LogP) is 2.21. The highest BCUT2D eigenvalue weighted by Gasteiger charge is 2.29. The van der Waals surface area contributed by atoms with Gasteiger partial charge in [-0.25, -0.2) is 12.8 Å². The van der Waals surface area contributed by atoms with Crippen molar-refractivity contribution in [2.75, 3.05) is 26.7 Å². The Labute approximate surface area is 127 Å². The number of piperidine rings is 1. The van der Waals surface area contributed by atoms with Gasteiger partial charge in [-0.15, -0.1) is 0 Å². The third-order valence-corrected chi connectivity index (χ3v) is 6.10. The fraction of sp³-hybridized carbons (Fsp3) is 0.538. The molecule has 1 aromatic carbocycles. The van der Waals surface area contributed by atoms with E-state index in [-0.39, 0.29) is 9.37 Å². The van der Waals surface area contributed by atoms with Gasteiger partial charge in [-0.2, -0.15) is 4.31 Å². The molecule has 4 nitrogen and oxygen atoms in total. The van der Waals surface area contributed by atoms with Crippen LogP contribution in [-0.2, 0) is 10.0 Å². The van der Waals surface area contributed by atoms with Crippen LogP contribution in [0.2, 0.25) is 0 Å². The maximum absolute atomic E-state index is 13.2. The molecule has 112 valence electrons. The number of sulfonamides is 1. The zero-order valence-corrected chi connectivity index (χ0v) is 13.7. The van der Waals surface area contributed by atoms with Crippen molar-refractivity contribution < 1.29 is 12.8 Å². The van der Waals surface area contributed by atoms with Crippen LogP contribution in [0, 0.1) is 11.7 Å². The molecule has 0 bridgehead atoms. The van der Waals surface area contributed by atoms with E-state index in [1.165, 1.54) is 22.5 Å². The average molecular weight is 365 g/mol. The molecule has 0 aliphatic carbocycles. The lowest BCUT2D eigenvalue weighted by Gasteiger charge is -2.31. The van der Waals surface area contributed by atoms with Crippen LogP contribution < -0.4 is 5.32 Å². The molecule has 1 saturated heterocycles. The fourth-order valence-corrected chi connectivity index (χ4v) is 4.46. The molecule has 2 rings (SSSR count). The molecule has 1 heterocycles. The molecule has 0 amide bonds. The normalized spacial score (nSPS) is 18.4. The number of hydrogen-bond donors (Lipinski definition) is 1. The van der Waals surface area contributed by atoms with Crippen LogP contribution in [0.15, 0.2) is 27.6 Å². The van der Waals surface area contributed by atoms with Crippen molar-refractivity contribution in [2.24, 2.45) is 5.92 Å². The lowest BCUT2D eigenvalue weighted by Crippen LogP contribution is -2.40. The topological polar surface area (TPSA) is 49.4 Å². The van der Waals surface area contributed by atoms with Crippen molar-refractivity contribution in [3.8, 4) is 0 Å². The minimum atomic E-state index is -3.52. The zero-order valence-electron chi connectivity index (χ0n) is 11.3. The molecule has 0 unspecified atom stereocenters. The summed E-state index contributed by atoms with van der Waals surface area (Å²) in [6.45, 7) is 1.95. The quantitative estimate of drug-likeness (QED) is 0.890. The van der Waals surface area contributed by atoms with Gasteiger partial charge in [-0.05, 0) is 66.5 Å². The number of nitrogens with zero attached hydrogens (tertiary/aromatic N) is 1. The van der Waals surface area contributed by atoms with Gasteiger partial charge < -0.3 is 5.32 Å². The van der Waals surface area contributed by atoms with Crippen molar-refractivity contribution in [3.63, 3.8) is 0 Å². The molecular formula is C13H18BrFN2O2S. The Bertz CT molecular complexity index is 572. The van der Waals surface area contributed by atoms with Crippen molar-refractivity contribution in [2.45, 2.75) is 17.7 Å². The Morgan fingerprint density at radius 2 is 2.05 bits per heavy atom. The van der Waals surface area contributed by atoms with Crippen molar-refractivity contribution in [3.05, 3.63) is 28.5 Å². The summed E-state index contributed by atoms with van der Waals surface area (Å²) < 4.78 is 39.8. The standard InChI is InChI=1S/C13H18BrFN2O2S/c1-16-9-10-4-6-17(7-5-10)20(18,19)11-2-3-13(15)12(14)8-11/h2-3,8,10,16H,4-7,9H2,1H3. The first-order valence-electron chi connectivity index (χ1n) is 6.55. The smallest absolute Gasteiger partial charge is 0.243 e. The summed E-state index contributed by atoms with van der Waals surface area (Å²) in [4.78, 5) is 0.137. The number of benzene rings is 1. The summed E-state index contributed by atoms with van der Waals surface area (Å²) in [5.41, 5.74) is 0. The van der Waals surface area contributed by atoms with Gasteiger partial charge in [0.25, 0.3) is 0 Å². The predicted molar refractivity (Wildman–Crippen MR) is 79.5 cm³/mol. The molecule has 7 heteroatoms. The van der Waals surface area contributed by atoms with E-state index in [0.717, 1.165) is 19.4 Å². The van der Waals surface area contributed by atoms with Crippen LogP contribution in [0.5, 0.6) is 0 Å². The summed E-state index contributed by atoms with van der Waals surface area (Å²) >= 11 is 3.03. The largest absolute Gasteiger partial charge is 0.319 e. The molecule has 1 aliphatic rings. The van der Waals surface area contributed by atoms with E-state index >= 15 is 0 Å². The van der Waals surface area contributed by atoms with E-state index < -0.39 is 15.8 Å². The fourth-order valence-electron chi connectivity index (χ4n) is 2.43. The van der Waals surface area contributed by atoms with E-state index in [0.29, 0.717) is 19.0 Å². The van der Waals surface area contributed by atoms with E-state index in [9.17, 15) is 12.8 Å². The van der Waals surface area contributed by atoms with Crippen LogP contribution in [0.25, 0.3) is 0 Å². The van der Waals surface area contributed by atoms with Gasteiger partial charge in [-0.1, -0.05) is 0 Å². The highest BCUT2D eigenvalue weighted by atomic mass is 79.9. The molecule has 1 fully saturated rings. The molecule has 0 spiro atoms. The molecule has 1 aliphatic heterocycles. The van der Waals surface area contributed by atoms with Crippen molar-refractivity contribution in [1.29, 1.82) is 0 Å². The van der Waals surface area contributed by atoms with Gasteiger partial charge >= 0.3 is 0 Å². The maximum Gasteiger partial charge on any atom is 0.243 e. The number of hydrogen-bond acceptors (Lipinski definition) is 3. The number of rotatable bonds is 4. The first-order valence-corrected chi connectivity index (χ1v) is 8.78. The Balaban J connectivity index is 2.13. The van der Waals surface area contributed by atoms with E-state index in [2.05, 4.69) is 21.2 Å². The number of halogens is 2. The maximum atomic E-state index is 13.2. The first kappa shape index (κ1) is 15.9.